The Labute approximate surface area is 403 Å². The molecule has 0 aromatic carbocycles. The van der Waals surface area contributed by atoms with Crippen LogP contribution in [0.15, 0.2) is 10.2 Å². The Kier molecular flexibility index (Phi) is 22.3. The summed E-state index contributed by atoms with van der Waals surface area (Å²) >= 11 is 13.6. The van der Waals surface area contributed by atoms with E-state index in [2.05, 4.69) is 32.6 Å². The zero-order valence-electron chi connectivity index (χ0n) is 30.8. The van der Waals surface area contributed by atoms with Gasteiger partial charge < -0.3 is 19.3 Å². The Balaban J connectivity index is 0.00000676. The number of aromatic nitrogens is 2. The van der Waals surface area contributed by atoms with Gasteiger partial charge in [-0.25, -0.2) is 21.5 Å². The summed E-state index contributed by atoms with van der Waals surface area (Å²) in [6.45, 7) is 8.00. The SMILES string of the molecule is CC(=O)NC1CC(N(CCCCS(=O)(=O)[O-])CCCCS(=O)(=O)[O-])CCC1N=Nc1c(C#N)c(C(C)(C)C)nn1C1C(Cl)CC(C#N)CC1Cl.[K+].[K+]. The number of amides is 1. The van der Waals surface area contributed by atoms with E-state index in [1.165, 1.54) is 6.92 Å². The molecule has 1 aromatic rings. The molecule has 280 valence electrons. The van der Waals surface area contributed by atoms with Gasteiger partial charge in [0.05, 0.1) is 60.9 Å². The summed E-state index contributed by atoms with van der Waals surface area (Å²) in [7, 11) is -8.74. The predicted octanol–water partition coefficient (Wildman–Crippen LogP) is -1.79. The minimum absolute atomic E-state index is 0. The van der Waals surface area contributed by atoms with Gasteiger partial charge in [-0.1, -0.05) is 20.8 Å². The number of unbranched alkanes of at least 4 members (excludes halogenated alkanes) is 2. The van der Waals surface area contributed by atoms with Crippen LogP contribution < -0.4 is 108 Å². The van der Waals surface area contributed by atoms with Crippen LogP contribution in [-0.4, -0.2) is 100 Å². The molecule has 5 atom stereocenters. The second-order valence-corrected chi connectivity index (χ2v) is 18.4. The number of carbonyl (C=O) groups is 1. The van der Waals surface area contributed by atoms with Crippen LogP contribution in [0.3, 0.4) is 0 Å². The van der Waals surface area contributed by atoms with Gasteiger partial charge in [-0.3, -0.25) is 4.79 Å². The van der Waals surface area contributed by atoms with Crippen molar-refractivity contribution in [2.24, 2.45) is 16.1 Å². The number of alkyl halides is 2. The third-order valence-corrected chi connectivity index (χ3v) is 11.6. The first-order valence-corrected chi connectivity index (χ1v) is 20.8. The van der Waals surface area contributed by atoms with E-state index in [1.807, 2.05) is 20.8 Å². The Hall–Kier alpha value is 0.893. The number of rotatable bonds is 15. The van der Waals surface area contributed by atoms with E-state index in [1.54, 1.807) is 4.68 Å². The van der Waals surface area contributed by atoms with E-state index in [0.29, 0.717) is 63.7 Å². The Morgan fingerprint density at radius 2 is 1.52 bits per heavy atom. The quantitative estimate of drug-likeness (QED) is 0.0680. The molecule has 5 unspecified atom stereocenters. The summed E-state index contributed by atoms with van der Waals surface area (Å²) in [6.07, 6.45) is 3.42. The smallest absolute Gasteiger partial charge is 0.748 e. The van der Waals surface area contributed by atoms with Gasteiger partial charge in [0.15, 0.2) is 5.82 Å². The minimum atomic E-state index is -4.37. The van der Waals surface area contributed by atoms with Crippen molar-refractivity contribution < 1.29 is 134 Å². The normalized spacial score (nSPS) is 25.5. The average Bonchev–Trinajstić information content (AvgIpc) is 3.36. The number of azo groups is 1. The predicted molar refractivity (Wildman–Crippen MR) is 185 cm³/mol. The van der Waals surface area contributed by atoms with Gasteiger partial charge in [0, 0.05) is 35.8 Å². The standard InChI is InChI=1S/C31H48Cl2N8O7S2.2K/c1-20(42)36-27-17-22(40(11-5-7-13-49(43,44)45)12-6-8-14-50(46,47)48)9-10-26(27)37-38-30-23(19-35)29(31(2,3)4)39-41(30)28-24(32)15-21(18-34)16-25(28)33;;/h21-22,24-28H,5-17H2,1-4H3,(H,36,42)(H,43,44,45)(H,46,47,48);;/q;2*+1/p-2. The first kappa shape index (κ1) is 50.9. The van der Waals surface area contributed by atoms with E-state index in [-0.39, 0.29) is 145 Å². The van der Waals surface area contributed by atoms with E-state index in [0.717, 1.165) is 0 Å². The first-order valence-electron chi connectivity index (χ1n) is 16.7. The zero-order chi connectivity index (χ0) is 37.4. The number of halogens is 2. The van der Waals surface area contributed by atoms with Crippen LogP contribution in [-0.2, 0) is 30.4 Å². The van der Waals surface area contributed by atoms with Crippen molar-refractivity contribution in [1.29, 1.82) is 10.5 Å². The largest absolute Gasteiger partial charge is 1.00 e. The van der Waals surface area contributed by atoms with Gasteiger partial charge in [-0.15, -0.1) is 28.3 Å². The van der Waals surface area contributed by atoms with Gasteiger partial charge in [-0.05, 0) is 70.9 Å². The molecular formula is C31H46Cl2K2N8O7S2. The Bertz CT molecular complexity index is 1630. The molecule has 0 radical (unpaired) electrons. The fraction of sp³-hybridized carbons (Fsp3) is 0.806. The monoisotopic (exact) mass is 854 g/mol. The third-order valence-electron chi connectivity index (χ3n) is 9.10. The number of hydrogen-bond acceptors (Lipinski definition) is 13. The van der Waals surface area contributed by atoms with Crippen LogP contribution >= 0.6 is 23.2 Å². The van der Waals surface area contributed by atoms with Crippen LogP contribution in [0.2, 0.25) is 0 Å². The molecule has 2 aliphatic carbocycles. The van der Waals surface area contributed by atoms with Crippen molar-refractivity contribution in [2.75, 3.05) is 24.6 Å². The van der Waals surface area contributed by atoms with Crippen LogP contribution in [0.1, 0.15) is 103 Å². The van der Waals surface area contributed by atoms with Crippen molar-refractivity contribution in [2.45, 2.75) is 126 Å². The second kappa shape index (κ2) is 22.7. The number of carbonyl (C=O) groups excluding carboxylic acids is 1. The molecule has 2 fully saturated rings. The van der Waals surface area contributed by atoms with Gasteiger partial charge in [-0.2, -0.15) is 20.7 Å². The number of nitrogens with zero attached hydrogens (tertiary/aromatic N) is 7. The van der Waals surface area contributed by atoms with Crippen molar-refractivity contribution >= 4 is 55.2 Å². The molecule has 2 aliphatic rings. The molecule has 15 nitrogen and oxygen atoms in total. The molecule has 0 saturated heterocycles. The molecule has 52 heavy (non-hydrogen) atoms. The fourth-order valence-corrected chi connectivity index (χ4v) is 8.91. The minimum Gasteiger partial charge on any atom is -0.748 e. The number of nitriles is 2. The number of hydrogen-bond donors (Lipinski definition) is 1. The molecule has 3 rings (SSSR count). The van der Waals surface area contributed by atoms with Crippen molar-refractivity contribution in [3.05, 3.63) is 11.3 Å². The van der Waals surface area contributed by atoms with Gasteiger partial charge in [0.1, 0.15) is 11.6 Å². The van der Waals surface area contributed by atoms with Gasteiger partial charge in [0.2, 0.25) is 5.91 Å². The average molecular weight is 856 g/mol. The zero-order valence-corrected chi connectivity index (χ0v) is 40.2. The van der Waals surface area contributed by atoms with Gasteiger partial charge >= 0.3 is 103 Å². The summed E-state index contributed by atoms with van der Waals surface area (Å²) in [5.41, 5.74) is 0.188. The molecule has 21 heteroatoms. The van der Waals surface area contributed by atoms with E-state index in [4.69, 9.17) is 28.3 Å². The first-order chi connectivity index (χ1) is 23.2. The van der Waals surface area contributed by atoms with Crippen LogP contribution in [0.25, 0.3) is 0 Å². The molecule has 0 spiro atoms. The molecule has 0 aliphatic heterocycles. The maximum atomic E-state index is 12.3. The molecule has 2 saturated carbocycles. The van der Waals surface area contributed by atoms with Gasteiger partial charge in [0.25, 0.3) is 0 Å². The molecule has 1 N–H and O–H groups in total. The van der Waals surface area contributed by atoms with E-state index in [9.17, 15) is 41.3 Å². The Morgan fingerprint density at radius 1 is 0.981 bits per heavy atom. The fourth-order valence-electron chi connectivity index (χ4n) is 6.73. The molecule has 1 aromatic heterocycles. The molecule has 0 bridgehead atoms. The second-order valence-electron chi connectivity index (χ2n) is 14.2. The summed E-state index contributed by atoms with van der Waals surface area (Å²) in [6, 6.07) is 2.83. The molecular weight excluding hydrogens is 810 g/mol. The van der Waals surface area contributed by atoms with Crippen molar-refractivity contribution in [1.82, 2.24) is 20.0 Å². The maximum Gasteiger partial charge on any atom is 1.00 e. The summed E-state index contributed by atoms with van der Waals surface area (Å²) in [5.74, 6) is -1.40. The van der Waals surface area contributed by atoms with Crippen molar-refractivity contribution in [3.63, 3.8) is 0 Å². The van der Waals surface area contributed by atoms with Crippen LogP contribution in [0.4, 0.5) is 5.82 Å². The summed E-state index contributed by atoms with van der Waals surface area (Å²) in [4.78, 5) is 14.4. The van der Waals surface area contributed by atoms with Crippen LogP contribution in [0.5, 0.6) is 0 Å². The van der Waals surface area contributed by atoms with Crippen molar-refractivity contribution in [3.8, 4) is 12.1 Å². The van der Waals surface area contributed by atoms with E-state index < -0.39 is 66.0 Å². The summed E-state index contributed by atoms with van der Waals surface area (Å²) in [5, 5.41) is 35.7. The third kappa shape index (κ3) is 16.0. The Morgan fingerprint density at radius 3 is 1.96 bits per heavy atom. The molecule has 1 amide bonds. The topological polar surface area (TPSA) is 237 Å². The van der Waals surface area contributed by atoms with E-state index >= 15 is 0 Å². The molecule has 1 heterocycles. The maximum absolute atomic E-state index is 12.3. The van der Waals surface area contributed by atoms with Crippen LogP contribution in [0, 0.1) is 28.6 Å². The summed E-state index contributed by atoms with van der Waals surface area (Å²) < 4.78 is 68.3. The number of nitrogens with one attached hydrogen (secondary N) is 1.